The quantitative estimate of drug-likeness (QED) is 0.522. The molecule has 7 nitrogen and oxygen atoms in total. The zero-order chi connectivity index (χ0) is 22.2. The number of hydrogen-bond donors (Lipinski definition) is 3. The van der Waals surface area contributed by atoms with Crippen LogP contribution in [0.1, 0.15) is 29.9 Å². The van der Waals surface area contributed by atoms with E-state index in [1.54, 1.807) is 0 Å². The number of rotatable bonds is 10. The van der Waals surface area contributed by atoms with Crippen molar-refractivity contribution in [3.8, 4) is 11.1 Å². The van der Waals surface area contributed by atoms with E-state index in [9.17, 15) is 14.4 Å². The van der Waals surface area contributed by atoms with Gasteiger partial charge in [-0.1, -0.05) is 48.5 Å². The molecule has 31 heavy (non-hydrogen) atoms. The molecule has 2 aromatic rings. The van der Waals surface area contributed by atoms with E-state index in [4.69, 9.17) is 9.84 Å². The normalized spacial score (nSPS) is 13.1. The third kappa shape index (κ3) is 5.79. The molecule has 2 amide bonds. The van der Waals surface area contributed by atoms with Crippen molar-refractivity contribution in [1.29, 1.82) is 0 Å². The average molecular weight is 443 g/mol. The molecule has 8 heteroatoms. The zero-order valence-corrected chi connectivity index (χ0v) is 18.1. The lowest BCUT2D eigenvalue weighted by atomic mass is 9.98. The molecular formula is C23H26N2O5S. The van der Waals surface area contributed by atoms with Crippen molar-refractivity contribution in [2.75, 3.05) is 25.2 Å². The number of carboxylic acids is 1. The van der Waals surface area contributed by atoms with E-state index in [2.05, 4.69) is 22.8 Å². The summed E-state index contributed by atoms with van der Waals surface area (Å²) in [6.07, 6.45) is 1.60. The molecule has 0 unspecified atom stereocenters. The first kappa shape index (κ1) is 22.7. The van der Waals surface area contributed by atoms with Gasteiger partial charge in [0.2, 0.25) is 5.91 Å². The standard InChI is InChI=1S/C23H26N2O5S/c1-31-13-11-20(22(27)28)25-21(26)10-12-24-23(29)30-14-19-17-8-4-2-6-15(17)16-7-3-5-9-18(16)19/h2-9,19-20H,10-14H2,1H3,(H,24,29)(H,25,26)(H,27,28)/t20-/m1/s1. The van der Waals surface area contributed by atoms with Crippen LogP contribution in [-0.2, 0) is 14.3 Å². The Morgan fingerprint density at radius 3 is 2.26 bits per heavy atom. The van der Waals surface area contributed by atoms with Crippen molar-refractivity contribution in [1.82, 2.24) is 10.6 Å². The number of thioether (sulfide) groups is 1. The first-order valence-corrected chi connectivity index (χ1v) is 11.5. The van der Waals surface area contributed by atoms with Crippen molar-refractivity contribution in [2.45, 2.75) is 24.8 Å². The van der Waals surface area contributed by atoms with E-state index >= 15 is 0 Å². The maximum atomic E-state index is 12.1. The van der Waals surface area contributed by atoms with Crippen LogP contribution < -0.4 is 10.6 Å². The summed E-state index contributed by atoms with van der Waals surface area (Å²) in [5.74, 6) is -0.886. The molecule has 2 aromatic carbocycles. The molecule has 0 saturated heterocycles. The van der Waals surface area contributed by atoms with Gasteiger partial charge in [-0.2, -0.15) is 11.8 Å². The lowest BCUT2D eigenvalue weighted by Gasteiger charge is -2.15. The highest BCUT2D eigenvalue weighted by atomic mass is 32.2. The van der Waals surface area contributed by atoms with Gasteiger partial charge in [-0.15, -0.1) is 0 Å². The number of alkyl carbamates (subject to hydrolysis) is 1. The molecule has 1 aliphatic carbocycles. The van der Waals surface area contributed by atoms with Crippen molar-refractivity contribution < 1.29 is 24.2 Å². The molecule has 0 fully saturated rings. The van der Waals surface area contributed by atoms with Gasteiger partial charge in [0.15, 0.2) is 0 Å². The van der Waals surface area contributed by atoms with Crippen LogP contribution in [0.4, 0.5) is 4.79 Å². The number of aliphatic carboxylic acids is 1. The average Bonchev–Trinajstić information content (AvgIpc) is 3.09. The van der Waals surface area contributed by atoms with E-state index in [0.717, 1.165) is 22.3 Å². The lowest BCUT2D eigenvalue weighted by molar-refractivity contribution is -0.141. The second-order valence-electron chi connectivity index (χ2n) is 7.24. The smallest absolute Gasteiger partial charge is 0.407 e. The van der Waals surface area contributed by atoms with Gasteiger partial charge in [0.1, 0.15) is 12.6 Å². The minimum Gasteiger partial charge on any atom is -0.480 e. The summed E-state index contributed by atoms with van der Waals surface area (Å²) in [5, 5.41) is 14.2. The molecule has 3 N–H and O–H groups in total. The number of carbonyl (C=O) groups is 3. The fraction of sp³-hybridized carbons (Fsp3) is 0.348. The maximum Gasteiger partial charge on any atom is 0.407 e. The number of carboxylic acid groups (broad SMARTS) is 1. The lowest BCUT2D eigenvalue weighted by Crippen LogP contribution is -2.42. The van der Waals surface area contributed by atoms with Crippen LogP contribution in [0.5, 0.6) is 0 Å². The Morgan fingerprint density at radius 1 is 1.06 bits per heavy atom. The summed E-state index contributed by atoms with van der Waals surface area (Å²) in [4.78, 5) is 35.3. The summed E-state index contributed by atoms with van der Waals surface area (Å²) in [7, 11) is 0. The van der Waals surface area contributed by atoms with Gasteiger partial charge in [-0.05, 0) is 40.7 Å². The Balaban J connectivity index is 1.46. The molecule has 1 atom stereocenters. The predicted molar refractivity (Wildman–Crippen MR) is 120 cm³/mol. The Kier molecular flexibility index (Phi) is 7.94. The van der Waals surface area contributed by atoms with Crippen LogP contribution in [-0.4, -0.2) is 54.3 Å². The van der Waals surface area contributed by atoms with Gasteiger partial charge >= 0.3 is 12.1 Å². The molecular weight excluding hydrogens is 416 g/mol. The monoisotopic (exact) mass is 442 g/mol. The van der Waals surface area contributed by atoms with E-state index in [-0.39, 0.29) is 25.5 Å². The topological polar surface area (TPSA) is 105 Å². The fourth-order valence-corrected chi connectivity index (χ4v) is 4.16. The van der Waals surface area contributed by atoms with Gasteiger partial charge in [0.25, 0.3) is 0 Å². The molecule has 0 bridgehead atoms. The molecule has 164 valence electrons. The van der Waals surface area contributed by atoms with Crippen LogP contribution >= 0.6 is 11.8 Å². The number of carbonyl (C=O) groups excluding carboxylic acids is 2. The fourth-order valence-electron chi connectivity index (χ4n) is 3.69. The Hall–Kier alpha value is -3.00. The first-order valence-electron chi connectivity index (χ1n) is 10.1. The zero-order valence-electron chi connectivity index (χ0n) is 17.3. The Morgan fingerprint density at radius 2 is 1.68 bits per heavy atom. The second-order valence-corrected chi connectivity index (χ2v) is 8.23. The first-order chi connectivity index (χ1) is 15.0. The molecule has 0 aromatic heterocycles. The van der Waals surface area contributed by atoms with Crippen molar-refractivity contribution >= 4 is 29.7 Å². The maximum absolute atomic E-state index is 12.1. The number of ether oxygens (including phenoxy) is 1. The Bertz CT molecular complexity index is 904. The molecule has 0 spiro atoms. The molecule has 0 heterocycles. The highest BCUT2D eigenvalue weighted by Gasteiger charge is 2.29. The third-order valence-corrected chi connectivity index (χ3v) is 5.85. The Labute approximate surface area is 185 Å². The number of hydrogen-bond acceptors (Lipinski definition) is 5. The summed E-state index contributed by atoms with van der Waals surface area (Å²) < 4.78 is 5.42. The SMILES string of the molecule is CSCC[C@@H](NC(=O)CCNC(=O)OCC1c2ccccc2-c2ccccc21)C(=O)O. The highest BCUT2D eigenvalue weighted by molar-refractivity contribution is 7.98. The van der Waals surface area contributed by atoms with Gasteiger partial charge in [0.05, 0.1) is 0 Å². The van der Waals surface area contributed by atoms with Crippen LogP contribution in [0.2, 0.25) is 0 Å². The number of fused-ring (bicyclic) bond motifs is 3. The molecule has 1 aliphatic rings. The molecule has 0 aliphatic heterocycles. The van der Waals surface area contributed by atoms with E-state index in [0.29, 0.717) is 12.2 Å². The highest BCUT2D eigenvalue weighted by Crippen LogP contribution is 2.44. The van der Waals surface area contributed by atoms with Crippen molar-refractivity contribution in [3.05, 3.63) is 59.7 Å². The number of benzene rings is 2. The van der Waals surface area contributed by atoms with E-state index in [1.807, 2.05) is 42.7 Å². The van der Waals surface area contributed by atoms with Gasteiger partial charge < -0.3 is 20.5 Å². The van der Waals surface area contributed by atoms with Crippen LogP contribution in [0.15, 0.2) is 48.5 Å². The summed E-state index contributed by atoms with van der Waals surface area (Å²) in [6.45, 7) is 0.263. The van der Waals surface area contributed by atoms with E-state index < -0.39 is 24.0 Å². The van der Waals surface area contributed by atoms with Crippen LogP contribution in [0.3, 0.4) is 0 Å². The van der Waals surface area contributed by atoms with Gasteiger partial charge in [-0.3, -0.25) is 4.79 Å². The number of nitrogens with one attached hydrogen (secondary N) is 2. The minimum atomic E-state index is -1.06. The largest absolute Gasteiger partial charge is 0.480 e. The minimum absolute atomic E-state index is 0.0206. The van der Waals surface area contributed by atoms with Crippen LogP contribution in [0, 0.1) is 0 Å². The molecule has 3 rings (SSSR count). The molecule has 0 saturated carbocycles. The van der Waals surface area contributed by atoms with Crippen molar-refractivity contribution in [3.63, 3.8) is 0 Å². The summed E-state index contributed by atoms with van der Waals surface area (Å²) >= 11 is 1.52. The summed E-state index contributed by atoms with van der Waals surface area (Å²) in [5.41, 5.74) is 4.55. The van der Waals surface area contributed by atoms with Crippen LogP contribution in [0.25, 0.3) is 11.1 Å². The predicted octanol–water partition coefficient (Wildman–Crippen LogP) is 3.24. The van der Waals surface area contributed by atoms with Gasteiger partial charge in [-0.25, -0.2) is 9.59 Å². The second kappa shape index (κ2) is 10.9. The number of amides is 2. The van der Waals surface area contributed by atoms with Crippen molar-refractivity contribution in [2.24, 2.45) is 0 Å². The molecule has 0 radical (unpaired) electrons. The third-order valence-electron chi connectivity index (χ3n) is 5.21. The van der Waals surface area contributed by atoms with Gasteiger partial charge in [0, 0.05) is 18.9 Å². The summed E-state index contributed by atoms with van der Waals surface area (Å²) in [6, 6.07) is 15.2. The van der Waals surface area contributed by atoms with E-state index in [1.165, 1.54) is 11.8 Å².